The monoisotopic (exact) mass is 410 g/mol. The Kier molecular flexibility index (Phi) is 4.45. The highest BCUT2D eigenvalue weighted by molar-refractivity contribution is 9.11. The van der Waals surface area contributed by atoms with Crippen LogP contribution in [0.1, 0.15) is 0 Å². The molecule has 1 rings (SSSR count). The number of halogens is 7. The van der Waals surface area contributed by atoms with Crippen LogP contribution in [0.3, 0.4) is 0 Å². The van der Waals surface area contributed by atoms with E-state index in [0.29, 0.717) is 0 Å². The molecule has 0 aliphatic heterocycles. The van der Waals surface area contributed by atoms with Crippen LogP contribution >= 0.6 is 31.9 Å². The zero-order valence-electron chi connectivity index (χ0n) is 8.79. The standard InChI is InChI=1S/C9H5Br2F5N2O/c10-4-1-3(17)2-5(11)6(4)18-7(19)8(12,13)9(14,15)16/h1-2H,17H2,(H,18,19). The largest absolute Gasteiger partial charge is 0.463 e. The molecule has 19 heavy (non-hydrogen) atoms. The summed E-state index contributed by atoms with van der Waals surface area (Å²) in [6.45, 7) is 0. The van der Waals surface area contributed by atoms with E-state index in [1.165, 1.54) is 17.4 Å². The van der Waals surface area contributed by atoms with Crippen LogP contribution in [0.15, 0.2) is 21.1 Å². The molecule has 0 atom stereocenters. The Bertz CT molecular complexity index is 495. The lowest BCUT2D eigenvalue weighted by Gasteiger charge is -2.19. The molecular weight excluding hydrogens is 407 g/mol. The zero-order valence-corrected chi connectivity index (χ0v) is 12.0. The lowest BCUT2D eigenvalue weighted by atomic mass is 10.2. The number of hydrogen-bond donors (Lipinski definition) is 2. The molecule has 0 saturated heterocycles. The average Bonchev–Trinajstić information content (AvgIpc) is 2.21. The average molecular weight is 412 g/mol. The van der Waals surface area contributed by atoms with Crippen LogP contribution in [0.4, 0.5) is 33.3 Å². The first-order chi connectivity index (χ1) is 8.46. The van der Waals surface area contributed by atoms with E-state index in [1.54, 1.807) is 0 Å². The molecule has 0 aliphatic carbocycles. The molecule has 0 aromatic heterocycles. The molecule has 3 N–H and O–H groups in total. The fourth-order valence-electron chi connectivity index (χ4n) is 1.03. The van der Waals surface area contributed by atoms with E-state index < -0.39 is 18.0 Å². The highest BCUT2D eigenvalue weighted by Gasteiger charge is 2.63. The van der Waals surface area contributed by atoms with Crippen molar-refractivity contribution in [3.05, 3.63) is 21.1 Å². The fourth-order valence-corrected chi connectivity index (χ4v) is 2.45. The highest BCUT2D eigenvalue weighted by atomic mass is 79.9. The number of rotatable bonds is 2. The number of anilines is 2. The van der Waals surface area contributed by atoms with E-state index in [2.05, 4.69) is 31.9 Å². The number of carbonyl (C=O) groups excluding carboxylic acids is 1. The van der Waals surface area contributed by atoms with Gasteiger partial charge in [-0.2, -0.15) is 22.0 Å². The van der Waals surface area contributed by atoms with Crippen molar-refractivity contribution >= 4 is 49.1 Å². The van der Waals surface area contributed by atoms with Crippen LogP contribution in [-0.2, 0) is 4.79 Å². The first-order valence-corrected chi connectivity index (χ1v) is 6.06. The van der Waals surface area contributed by atoms with Gasteiger partial charge in [0, 0.05) is 14.6 Å². The highest BCUT2D eigenvalue weighted by Crippen LogP contribution is 2.39. The van der Waals surface area contributed by atoms with Gasteiger partial charge in [-0.3, -0.25) is 4.79 Å². The predicted octanol–water partition coefficient (Wildman–Crippen LogP) is 3.93. The number of hydrogen-bond acceptors (Lipinski definition) is 2. The predicted molar refractivity (Wildman–Crippen MR) is 65.9 cm³/mol. The Morgan fingerprint density at radius 3 is 1.89 bits per heavy atom. The number of nitrogens with two attached hydrogens (primary N) is 1. The Morgan fingerprint density at radius 1 is 1.11 bits per heavy atom. The molecule has 10 heteroatoms. The number of benzene rings is 1. The van der Waals surface area contributed by atoms with Crippen molar-refractivity contribution in [2.75, 3.05) is 11.1 Å². The number of nitrogens with one attached hydrogen (secondary N) is 1. The minimum Gasteiger partial charge on any atom is -0.399 e. The Balaban J connectivity index is 3.08. The lowest BCUT2D eigenvalue weighted by Crippen LogP contribution is -2.47. The summed E-state index contributed by atoms with van der Waals surface area (Å²) in [6, 6.07) is 2.48. The Labute approximate surface area is 120 Å². The molecule has 3 nitrogen and oxygen atoms in total. The van der Waals surface area contributed by atoms with Gasteiger partial charge in [-0.15, -0.1) is 0 Å². The first-order valence-electron chi connectivity index (χ1n) is 4.47. The van der Waals surface area contributed by atoms with Crippen molar-refractivity contribution < 1.29 is 26.7 Å². The van der Waals surface area contributed by atoms with Gasteiger partial charge in [0.1, 0.15) is 0 Å². The van der Waals surface area contributed by atoms with E-state index in [1.807, 2.05) is 0 Å². The van der Waals surface area contributed by atoms with Crippen molar-refractivity contribution in [3.8, 4) is 0 Å². The summed E-state index contributed by atoms with van der Waals surface area (Å²) in [7, 11) is 0. The second kappa shape index (κ2) is 5.23. The maximum Gasteiger partial charge on any atom is 0.463 e. The van der Waals surface area contributed by atoms with Crippen molar-refractivity contribution in [3.63, 3.8) is 0 Å². The molecule has 1 amide bonds. The third-order valence-electron chi connectivity index (χ3n) is 1.94. The number of amides is 1. The third kappa shape index (κ3) is 3.35. The molecule has 0 heterocycles. The van der Waals surface area contributed by atoms with Crippen LogP contribution in [0.5, 0.6) is 0 Å². The van der Waals surface area contributed by atoms with Gasteiger partial charge in [0.25, 0.3) is 0 Å². The number of carbonyl (C=O) groups is 1. The molecule has 0 bridgehead atoms. The van der Waals surface area contributed by atoms with Gasteiger partial charge in [0.15, 0.2) is 0 Å². The van der Waals surface area contributed by atoms with Crippen LogP contribution in [0.25, 0.3) is 0 Å². The normalized spacial score (nSPS) is 12.4. The smallest absolute Gasteiger partial charge is 0.399 e. The fraction of sp³-hybridized carbons (Fsp3) is 0.222. The van der Waals surface area contributed by atoms with Crippen molar-refractivity contribution in [1.29, 1.82) is 0 Å². The first kappa shape index (κ1) is 16.2. The maximum atomic E-state index is 12.8. The topological polar surface area (TPSA) is 55.1 Å². The summed E-state index contributed by atoms with van der Waals surface area (Å²) in [6.07, 6.45) is -5.97. The Morgan fingerprint density at radius 2 is 1.53 bits per heavy atom. The van der Waals surface area contributed by atoms with Gasteiger partial charge in [-0.25, -0.2) is 0 Å². The van der Waals surface area contributed by atoms with Gasteiger partial charge in [-0.1, -0.05) is 0 Å². The SMILES string of the molecule is Nc1cc(Br)c(NC(=O)C(F)(F)C(F)(F)F)c(Br)c1. The molecule has 0 unspecified atom stereocenters. The summed E-state index contributed by atoms with van der Waals surface area (Å²) < 4.78 is 61.6. The molecule has 0 radical (unpaired) electrons. The van der Waals surface area contributed by atoms with E-state index >= 15 is 0 Å². The van der Waals surface area contributed by atoms with Gasteiger partial charge < -0.3 is 11.1 Å². The summed E-state index contributed by atoms with van der Waals surface area (Å²) in [4.78, 5) is 11.0. The Hall–Kier alpha value is -0.900. The number of alkyl halides is 5. The quantitative estimate of drug-likeness (QED) is 0.572. The third-order valence-corrected chi connectivity index (χ3v) is 3.20. The second-order valence-corrected chi connectivity index (χ2v) is 5.09. The zero-order chi connectivity index (χ0) is 15.0. The molecule has 0 saturated carbocycles. The maximum absolute atomic E-state index is 12.8. The van der Waals surface area contributed by atoms with Crippen LogP contribution in [0.2, 0.25) is 0 Å². The van der Waals surface area contributed by atoms with Crippen LogP contribution in [-0.4, -0.2) is 18.0 Å². The molecule has 0 aliphatic rings. The molecule has 106 valence electrons. The summed E-state index contributed by atoms with van der Waals surface area (Å²) in [5.74, 6) is -7.97. The van der Waals surface area contributed by atoms with Crippen LogP contribution in [0, 0.1) is 0 Å². The van der Waals surface area contributed by atoms with E-state index in [-0.39, 0.29) is 20.3 Å². The lowest BCUT2D eigenvalue weighted by molar-refractivity contribution is -0.267. The number of nitrogen functional groups attached to an aromatic ring is 1. The van der Waals surface area contributed by atoms with E-state index in [0.717, 1.165) is 0 Å². The molecule has 1 aromatic carbocycles. The minimum absolute atomic E-state index is 0.0608. The minimum atomic E-state index is -5.97. The summed E-state index contributed by atoms with van der Waals surface area (Å²) in [5, 5.41) is 1.49. The van der Waals surface area contributed by atoms with Gasteiger partial charge in [-0.05, 0) is 44.0 Å². The van der Waals surface area contributed by atoms with Crippen molar-refractivity contribution in [2.24, 2.45) is 0 Å². The van der Waals surface area contributed by atoms with Crippen molar-refractivity contribution in [1.82, 2.24) is 0 Å². The van der Waals surface area contributed by atoms with E-state index in [4.69, 9.17) is 5.73 Å². The van der Waals surface area contributed by atoms with Crippen LogP contribution < -0.4 is 11.1 Å². The molecule has 0 fully saturated rings. The molecular formula is C9H5Br2F5N2O. The van der Waals surface area contributed by atoms with Gasteiger partial charge in [0.05, 0.1) is 5.69 Å². The summed E-state index contributed by atoms with van der Waals surface area (Å²) >= 11 is 5.79. The van der Waals surface area contributed by atoms with E-state index in [9.17, 15) is 26.7 Å². The van der Waals surface area contributed by atoms with Gasteiger partial charge in [0.2, 0.25) is 0 Å². The summed E-state index contributed by atoms with van der Waals surface area (Å²) in [5.41, 5.74) is 5.36. The van der Waals surface area contributed by atoms with Gasteiger partial charge >= 0.3 is 18.0 Å². The molecule has 0 spiro atoms. The molecule has 1 aromatic rings. The second-order valence-electron chi connectivity index (χ2n) is 3.39. The van der Waals surface area contributed by atoms with Crippen molar-refractivity contribution in [2.45, 2.75) is 12.1 Å².